The molecule has 0 aliphatic carbocycles. The molecule has 0 aliphatic rings. The van der Waals surface area contributed by atoms with Gasteiger partial charge in [-0.05, 0) is 37.6 Å². The summed E-state index contributed by atoms with van der Waals surface area (Å²) >= 11 is 0. The first kappa shape index (κ1) is 16.8. The fourth-order valence-electron chi connectivity index (χ4n) is 2.58. The summed E-state index contributed by atoms with van der Waals surface area (Å²) in [5.74, 6) is 2.22. The van der Waals surface area contributed by atoms with Crippen molar-refractivity contribution in [1.29, 1.82) is 0 Å². The van der Waals surface area contributed by atoms with E-state index in [1.807, 2.05) is 12.1 Å². The van der Waals surface area contributed by atoms with Crippen LogP contribution in [-0.2, 0) is 0 Å². The Bertz CT molecular complexity index is 393. The first-order chi connectivity index (χ1) is 9.67. The van der Waals surface area contributed by atoms with Crippen molar-refractivity contribution >= 4 is 0 Å². The molecule has 3 heteroatoms. The van der Waals surface area contributed by atoms with Gasteiger partial charge in [-0.3, -0.25) is 0 Å². The molecule has 0 aliphatic heterocycles. The highest BCUT2D eigenvalue weighted by molar-refractivity contribution is 5.42. The van der Waals surface area contributed by atoms with Crippen LogP contribution in [0, 0.1) is 0 Å². The van der Waals surface area contributed by atoms with Crippen molar-refractivity contribution in [3.63, 3.8) is 0 Å². The second-order valence-corrected chi connectivity index (χ2v) is 5.25. The summed E-state index contributed by atoms with van der Waals surface area (Å²) in [6.07, 6.45) is 3.50. The van der Waals surface area contributed by atoms with Crippen LogP contribution in [0.5, 0.6) is 11.5 Å². The maximum Gasteiger partial charge on any atom is 0.122 e. The summed E-state index contributed by atoms with van der Waals surface area (Å²) in [6.45, 7) is 7.75. The second-order valence-electron chi connectivity index (χ2n) is 5.25. The number of ether oxygens (including phenoxy) is 2. The molecule has 0 radical (unpaired) electrons. The zero-order chi connectivity index (χ0) is 15.0. The quantitative estimate of drug-likeness (QED) is 0.742. The predicted molar refractivity (Wildman–Crippen MR) is 85.0 cm³/mol. The Kier molecular flexibility index (Phi) is 7.45. The first-order valence-electron chi connectivity index (χ1n) is 7.63. The minimum Gasteiger partial charge on any atom is -0.497 e. The number of nitrogens with one attached hydrogen (secondary N) is 1. The molecule has 0 saturated heterocycles. The topological polar surface area (TPSA) is 30.5 Å². The Morgan fingerprint density at radius 3 is 2.40 bits per heavy atom. The molecule has 1 rings (SSSR count). The number of hydrogen-bond donors (Lipinski definition) is 1. The molecule has 1 aromatic rings. The van der Waals surface area contributed by atoms with Crippen molar-refractivity contribution in [2.45, 2.75) is 52.0 Å². The van der Waals surface area contributed by atoms with Crippen molar-refractivity contribution in [1.82, 2.24) is 5.32 Å². The molecule has 3 nitrogen and oxygen atoms in total. The van der Waals surface area contributed by atoms with E-state index in [0.717, 1.165) is 24.5 Å². The van der Waals surface area contributed by atoms with Crippen LogP contribution in [0.15, 0.2) is 18.2 Å². The molecule has 2 unspecified atom stereocenters. The molecule has 0 bridgehead atoms. The van der Waals surface area contributed by atoms with Gasteiger partial charge < -0.3 is 14.8 Å². The zero-order valence-corrected chi connectivity index (χ0v) is 13.5. The predicted octanol–water partition coefficient (Wildman–Crippen LogP) is 3.98. The van der Waals surface area contributed by atoms with E-state index in [9.17, 15) is 0 Å². The minimum absolute atomic E-state index is 0.395. The van der Waals surface area contributed by atoms with Crippen LogP contribution in [0.1, 0.15) is 51.5 Å². The van der Waals surface area contributed by atoms with Crippen LogP contribution in [0.25, 0.3) is 0 Å². The Balaban J connectivity index is 2.98. The molecular formula is C17H29NO2. The van der Waals surface area contributed by atoms with Crippen molar-refractivity contribution in [3.05, 3.63) is 23.8 Å². The first-order valence-corrected chi connectivity index (χ1v) is 7.63. The van der Waals surface area contributed by atoms with Gasteiger partial charge in [-0.25, -0.2) is 0 Å². The van der Waals surface area contributed by atoms with E-state index >= 15 is 0 Å². The molecule has 2 atom stereocenters. The lowest BCUT2D eigenvalue weighted by atomic mass is 9.89. The monoisotopic (exact) mass is 279 g/mol. The van der Waals surface area contributed by atoms with Crippen molar-refractivity contribution < 1.29 is 9.47 Å². The Morgan fingerprint density at radius 2 is 1.85 bits per heavy atom. The summed E-state index contributed by atoms with van der Waals surface area (Å²) in [4.78, 5) is 0. The third-order valence-electron chi connectivity index (χ3n) is 3.79. The van der Waals surface area contributed by atoms with Gasteiger partial charge in [0.2, 0.25) is 0 Å². The fourth-order valence-corrected chi connectivity index (χ4v) is 2.58. The van der Waals surface area contributed by atoms with Crippen LogP contribution in [-0.4, -0.2) is 26.8 Å². The lowest BCUT2D eigenvalue weighted by Crippen LogP contribution is -2.34. The van der Waals surface area contributed by atoms with E-state index in [1.54, 1.807) is 14.2 Å². The van der Waals surface area contributed by atoms with E-state index < -0.39 is 0 Å². The van der Waals surface area contributed by atoms with E-state index in [0.29, 0.717) is 12.0 Å². The Labute approximate surface area is 123 Å². The standard InChI is InChI=1S/C17H29NO2/c1-6-8-16(18-11-7-2)13(3)15-12-14(19-4)9-10-17(15)20-5/h9-10,12-13,16,18H,6-8,11H2,1-5H3. The molecule has 0 spiro atoms. The molecule has 1 N–H and O–H groups in total. The lowest BCUT2D eigenvalue weighted by Gasteiger charge is -2.27. The minimum atomic E-state index is 0.395. The molecule has 0 fully saturated rings. The van der Waals surface area contributed by atoms with E-state index in [1.165, 1.54) is 18.4 Å². The molecular weight excluding hydrogens is 250 g/mol. The van der Waals surface area contributed by atoms with Crippen LogP contribution < -0.4 is 14.8 Å². The Hall–Kier alpha value is -1.22. The average molecular weight is 279 g/mol. The summed E-state index contributed by atoms with van der Waals surface area (Å²) < 4.78 is 10.9. The lowest BCUT2D eigenvalue weighted by molar-refractivity contribution is 0.376. The summed E-state index contributed by atoms with van der Waals surface area (Å²) in [6, 6.07) is 6.51. The Morgan fingerprint density at radius 1 is 1.10 bits per heavy atom. The van der Waals surface area contributed by atoms with E-state index in [-0.39, 0.29) is 0 Å². The van der Waals surface area contributed by atoms with Gasteiger partial charge in [0.15, 0.2) is 0 Å². The zero-order valence-electron chi connectivity index (χ0n) is 13.5. The normalized spacial score (nSPS) is 13.8. The van der Waals surface area contributed by atoms with Crippen LogP contribution in [0.4, 0.5) is 0 Å². The molecule has 20 heavy (non-hydrogen) atoms. The molecule has 0 aromatic heterocycles. The molecule has 1 aromatic carbocycles. The van der Waals surface area contributed by atoms with Crippen molar-refractivity contribution in [3.8, 4) is 11.5 Å². The van der Waals surface area contributed by atoms with Gasteiger partial charge in [0.05, 0.1) is 14.2 Å². The van der Waals surface area contributed by atoms with Gasteiger partial charge in [0.1, 0.15) is 11.5 Å². The second kappa shape index (κ2) is 8.85. The van der Waals surface area contributed by atoms with Gasteiger partial charge in [0.25, 0.3) is 0 Å². The van der Waals surface area contributed by atoms with E-state index in [4.69, 9.17) is 9.47 Å². The highest BCUT2D eigenvalue weighted by Crippen LogP contribution is 2.33. The summed E-state index contributed by atoms with van der Waals surface area (Å²) in [5.41, 5.74) is 1.22. The van der Waals surface area contributed by atoms with Gasteiger partial charge >= 0.3 is 0 Å². The van der Waals surface area contributed by atoms with Crippen LogP contribution in [0.3, 0.4) is 0 Å². The average Bonchev–Trinajstić information content (AvgIpc) is 2.50. The number of benzene rings is 1. The molecule has 114 valence electrons. The van der Waals surface area contributed by atoms with Crippen molar-refractivity contribution in [2.75, 3.05) is 20.8 Å². The van der Waals surface area contributed by atoms with Gasteiger partial charge in [-0.2, -0.15) is 0 Å². The van der Waals surface area contributed by atoms with Gasteiger partial charge in [-0.15, -0.1) is 0 Å². The number of rotatable bonds is 9. The third-order valence-corrected chi connectivity index (χ3v) is 3.79. The van der Waals surface area contributed by atoms with Gasteiger partial charge in [-0.1, -0.05) is 27.2 Å². The van der Waals surface area contributed by atoms with Gasteiger partial charge in [0, 0.05) is 17.5 Å². The highest BCUT2D eigenvalue weighted by atomic mass is 16.5. The highest BCUT2D eigenvalue weighted by Gasteiger charge is 2.21. The maximum absolute atomic E-state index is 5.52. The van der Waals surface area contributed by atoms with Crippen LogP contribution in [0.2, 0.25) is 0 Å². The maximum atomic E-state index is 5.52. The number of hydrogen-bond acceptors (Lipinski definition) is 3. The summed E-state index contributed by atoms with van der Waals surface area (Å²) in [5, 5.41) is 3.66. The molecule has 0 heterocycles. The number of methoxy groups -OCH3 is 2. The van der Waals surface area contributed by atoms with Crippen LogP contribution >= 0.6 is 0 Å². The molecule has 0 amide bonds. The smallest absolute Gasteiger partial charge is 0.122 e. The van der Waals surface area contributed by atoms with Crippen molar-refractivity contribution in [2.24, 2.45) is 0 Å². The fraction of sp³-hybridized carbons (Fsp3) is 0.647. The largest absolute Gasteiger partial charge is 0.497 e. The van der Waals surface area contributed by atoms with E-state index in [2.05, 4.69) is 32.2 Å². The summed E-state index contributed by atoms with van der Waals surface area (Å²) in [7, 11) is 3.43. The molecule has 0 saturated carbocycles. The SMILES string of the molecule is CCCNC(CCC)C(C)c1cc(OC)ccc1OC. The third kappa shape index (κ3) is 4.41.